The lowest BCUT2D eigenvalue weighted by Gasteiger charge is -2.55. The van der Waals surface area contributed by atoms with Crippen molar-refractivity contribution >= 4 is 29.0 Å². The fourth-order valence-electron chi connectivity index (χ4n) is 6.91. The molecule has 2 saturated heterocycles. The van der Waals surface area contributed by atoms with E-state index in [1.165, 1.54) is 24.0 Å². The molecule has 12 nitrogen and oxygen atoms in total. The van der Waals surface area contributed by atoms with Gasteiger partial charge in [0.2, 0.25) is 5.91 Å². The van der Waals surface area contributed by atoms with Crippen molar-refractivity contribution in [2.45, 2.75) is 51.2 Å². The molecule has 0 N–H and O–H groups in total. The molecule has 1 aromatic carbocycles. The summed E-state index contributed by atoms with van der Waals surface area (Å²) < 4.78 is 94.7. The number of halogens is 6. The Bertz CT molecular complexity index is 1900. The average Bonchev–Trinajstić information content (AvgIpc) is 3.09. The minimum absolute atomic E-state index is 0.00912. The number of carbonyl (C=O) groups excluding carboxylic acids is 2. The van der Waals surface area contributed by atoms with E-state index < -0.39 is 52.4 Å². The number of anilines is 3. The molecule has 280 valence electrons. The Morgan fingerprint density at radius 1 is 0.981 bits per heavy atom. The Hall–Kier alpha value is -4.87. The van der Waals surface area contributed by atoms with Crippen molar-refractivity contribution in [1.29, 1.82) is 0 Å². The minimum atomic E-state index is -4.96. The van der Waals surface area contributed by atoms with Gasteiger partial charge in [0.15, 0.2) is 5.82 Å². The van der Waals surface area contributed by atoms with Crippen LogP contribution in [0.5, 0.6) is 5.75 Å². The van der Waals surface area contributed by atoms with E-state index in [0.29, 0.717) is 11.3 Å². The number of pyridine rings is 1. The van der Waals surface area contributed by atoms with Crippen LogP contribution in [0.15, 0.2) is 47.5 Å². The molecule has 0 unspecified atom stereocenters. The van der Waals surface area contributed by atoms with Gasteiger partial charge in [-0.15, -0.1) is 0 Å². The predicted molar refractivity (Wildman–Crippen MR) is 176 cm³/mol. The van der Waals surface area contributed by atoms with Gasteiger partial charge in [-0.25, -0.2) is 9.67 Å². The molecule has 3 aromatic rings. The molecule has 18 heteroatoms. The highest BCUT2D eigenvalue weighted by Gasteiger charge is 2.50. The molecule has 2 aromatic heterocycles. The summed E-state index contributed by atoms with van der Waals surface area (Å²) in [6, 6.07) is 6.01. The molecule has 0 aliphatic carbocycles. The monoisotopic (exact) mass is 737 g/mol. The Morgan fingerprint density at radius 2 is 1.69 bits per heavy atom. The average molecular weight is 738 g/mol. The fourth-order valence-corrected chi connectivity index (χ4v) is 6.91. The van der Waals surface area contributed by atoms with Crippen LogP contribution in [0.3, 0.4) is 0 Å². The third-order valence-electron chi connectivity index (χ3n) is 9.86. The van der Waals surface area contributed by atoms with Crippen LogP contribution in [-0.4, -0.2) is 97.1 Å². The lowest BCUT2D eigenvalue weighted by atomic mass is 9.74. The highest BCUT2D eigenvalue weighted by Crippen LogP contribution is 2.44. The maximum atomic E-state index is 14.4. The van der Waals surface area contributed by atoms with Crippen molar-refractivity contribution in [3.8, 4) is 5.75 Å². The van der Waals surface area contributed by atoms with E-state index in [2.05, 4.69) is 10.1 Å². The van der Waals surface area contributed by atoms with Gasteiger partial charge in [0, 0.05) is 38.3 Å². The lowest BCUT2D eigenvalue weighted by molar-refractivity contribution is -0.139. The summed E-state index contributed by atoms with van der Waals surface area (Å²) in [5.74, 6) is -0.0204. The van der Waals surface area contributed by atoms with Crippen LogP contribution in [-0.2, 0) is 33.2 Å². The van der Waals surface area contributed by atoms with E-state index in [9.17, 15) is 40.7 Å². The van der Waals surface area contributed by atoms with E-state index >= 15 is 0 Å². The summed E-state index contributed by atoms with van der Waals surface area (Å²) in [7, 11) is 2.85. The van der Waals surface area contributed by atoms with Crippen LogP contribution in [0.1, 0.15) is 37.0 Å². The summed E-state index contributed by atoms with van der Waals surface area (Å²) in [6.45, 7) is 4.01. The Labute approximate surface area is 294 Å². The SMILES string of the molecule is COc1ccc(Cn2ncc(N3CC(C)(C)[C@H]3COCCC(=O)N3CCN4c5ncc(C(F)(F)F)cc5N(C)C(=O)[C@@H]4C3)c(C(F)(F)F)c2=O)cc1. The second kappa shape index (κ2) is 13.6. The normalized spacial score (nSPS) is 20.0. The largest absolute Gasteiger partial charge is 0.497 e. The van der Waals surface area contributed by atoms with Crippen LogP contribution in [0.2, 0.25) is 0 Å². The quantitative estimate of drug-likeness (QED) is 0.237. The zero-order chi connectivity index (χ0) is 37.7. The van der Waals surface area contributed by atoms with Crippen molar-refractivity contribution in [2.24, 2.45) is 5.41 Å². The van der Waals surface area contributed by atoms with Gasteiger partial charge >= 0.3 is 12.4 Å². The summed E-state index contributed by atoms with van der Waals surface area (Å²) in [4.78, 5) is 49.2. The third kappa shape index (κ3) is 6.99. The molecule has 3 aliphatic rings. The predicted octanol–water partition coefficient (Wildman–Crippen LogP) is 4.05. The number of likely N-dealkylation sites (N-methyl/N-ethyl adjacent to an activating group) is 1. The molecule has 2 atom stereocenters. The number of rotatable bonds is 9. The van der Waals surface area contributed by atoms with Crippen molar-refractivity contribution in [1.82, 2.24) is 19.7 Å². The number of nitrogens with zero attached hydrogens (tertiary/aromatic N) is 7. The maximum Gasteiger partial charge on any atom is 0.423 e. The molecule has 6 rings (SSSR count). The van der Waals surface area contributed by atoms with Crippen LogP contribution in [0, 0.1) is 5.41 Å². The third-order valence-corrected chi connectivity index (χ3v) is 9.86. The van der Waals surface area contributed by atoms with E-state index in [1.54, 1.807) is 29.2 Å². The van der Waals surface area contributed by atoms with Crippen LogP contribution < -0.4 is 25.0 Å². The molecule has 0 bridgehead atoms. The zero-order valence-corrected chi connectivity index (χ0v) is 28.8. The molecule has 0 saturated carbocycles. The number of aromatic nitrogens is 3. The van der Waals surface area contributed by atoms with Crippen molar-refractivity contribution in [3.05, 3.63) is 69.8 Å². The van der Waals surface area contributed by atoms with Gasteiger partial charge in [-0.3, -0.25) is 14.4 Å². The van der Waals surface area contributed by atoms with Crippen LogP contribution in [0.25, 0.3) is 0 Å². The van der Waals surface area contributed by atoms with Gasteiger partial charge < -0.3 is 29.1 Å². The molecular formula is C34H37F6N7O5. The van der Waals surface area contributed by atoms with Gasteiger partial charge in [-0.05, 0) is 23.8 Å². The summed E-state index contributed by atoms with van der Waals surface area (Å²) >= 11 is 0. The number of amides is 2. The summed E-state index contributed by atoms with van der Waals surface area (Å²) in [5.41, 5.74) is -3.82. The van der Waals surface area contributed by atoms with E-state index in [0.717, 1.165) is 28.0 Å². The van der Waals surface area contributed by atoms with Gasteiger partial charge in [0.05, 0.1) is 69.0 Å². The minimum Gasteiger partial charge on any atom is -0.497 e. The van der Waals surface area contributed by atoms with E-state index in [4.69, 9.17) is 9.47 Å². The van der Waals surface area contributed by atoms with E-state index in [1.807, 2.05) is 13.8 Å². The first-order valence-corrected chi connectivity index (χ1v) is 16.4. The number of ether oxygens (including phenoxy) is 2. The standard InChI is InChI=1S/C34H37F6N7O5/c1-32(2)19-46(24-15-42-47(31(50)28(24)34(38,39)40)16-20-5-7-22(51-4)8-6-20)26(32)18-52-12-9-27(48)44-10-11-45-25(17-44)30(49)43(3)23-13-21(33(35,36)37)14-41-29(23)45/h5-8,13-15,25-26H,9-12,16-19H2,1-4H3/t25-,26+/m0/s1. The molecule has 2 amide bonds. The lowest BCUT2D eigenvalue weighted by Crippen LogP contribution is -2.65. The second-order valence-electron chi connectivity index (χ2n) is 13.7. The Kier molecular flexibility index (Phi) is 9.65. The first-order valence-electron chi connectivity index (χ1n) is 16.4. The van der Waals surface area contributed by atoms with Crippen molar-refractivity contribution in [2.75, 3.05) is 68.2 Å². The first kappa shape index (κ1) is 36.9. The molecule has 5 heterocycles. The van der Waals surface area contributed by atoms with Crippen molar-refractivity contribution < 1.29 is 45.4 Å². The number of hydrogen-bond donors (Lipinski definition) is 0. The smallest absolute Gasteiger partial charge is 0.423 e. The number of piperazine rings is 1. The van der Waals surface area contributed by atoms with Crippen LogP contribution in [0.4, 0.5) is 43.5 Å². The molecule has 0 radical (unpaired) electrons. The number of carbonyl (C=O) groups is 2. The summed E-state index contributed by atoms with van der Waals surface area (Å²) in [5, 5.41) is 4.07. The van der Waals surface area contributed by atoms with Crippen LogP contribution >= 0.6 is 0 Å². The van der Waals surface area contributed by atoms with Gasteiger partial charge in [0.1, 0.15) is 17.4 Å². The highest BCUT2D eigenvalue weighted by molar-refractivity contribution is 6.05. The van der Waals surface area contributed by atoms with Gasteiger partial charge in [-0.1, -0.05) is 26.0 Å². The Morgan fingerprint density at radius 3 is 2.33 bits per heavy atom. The fraction of sp³-hybridized carbons (Fsp3) is 0.500. The van der Waals surface area contributed by atoms with Gasteiger partial charge in [-0.2, -0.15) is 31.4 Å². The topological polar surface area (TPSA) is 113 Å². The maximum absolute atomic E-state index is 14.4. The van der Waals surface area contributed by atoms with E-state index in [-0.39, 0.29) is 75.5 Å². The molecule has 3 aliphatic heterocycles. The molecule has 0 spiro atoms. The number of fused-ring (bicyclic) bond motifs is 3. The Balaban J connectivity index is 1.08. The highest BCUT2D eigenvalue weighted by atomic mass is 19.4. The first-order chi connectivity index (χ1) is 24.4. The molecule has 2 fully saturated rings. The number of hydrogen-bond acceptors (Lipinski definition) is 9. The van der Waals surface area contributed by atoms with Gasteiger partial charge in [0.25, 0.3) is 11.5 Å². The summed E-state index contributed by atoms with van der Waals surface area (Å²) in [6.07, 6.45) is -7.90. The number of benzene rings is 1. The molecular weight excluding hydrogens is 700 g/mol. The number of methoxy groups -OCH3 is 1. The zero-order valence-electron chi connectivity index (χ0n) is 28.8. The van der Waals surface area contributed by atoms with Crippen molar-refractivity contribution in [3.63, 3.8) is 0 Å². The second-order valence-corrected chi connectivity index (χ2v) is 13.7. The molecule has 52 heavy (non-hydrogen) atoms. The number of alkyl halides is 6.